The fraction of sp³-hybridized carbons (Fsp3) is 0.333. The highest BCUT2D eigenvalue weighted by Crippen LogP contribution is 2.32. The third-order valence-electron chi connectivity index (χ3n) is 4.43. The molecule has 0 saturated carbocycles. The van der Waals surface area contributed by atoms with Crippen LogP contribution >= 0.6 is 0 Å². The molecule has 2 aromatic carbocycles. The molecule has 2 N–H and O–H groups in total. The van der Waals surface area contributed by atoms with Crippen LogP contribution in [0, 0.1) is 13.8 Å². The Bertz CT molecular complexity index is 621. The maximum Gasteiger partial charge on any atom is 0.0993 e. The molecule has 0 spiro atoms. The number of rotatable bonds is 2. The summed E-state index contributed by atoms with van der Waals surface area (Å²) in [5.41, 5.74) is 5.98. The molecule has 2 unspecified atom stereocenters. The van der Waals surface area contributed by atoms with Crippen LogP contribution in [-0.4, -0.2) is 11.1 Å². The lowest BCUT2D eigenvalue weighted by Crippen LogP contribution is -2.32. The number of aryl methyl sites for hydroxylation is 2. The zero-order valence-electron chi connectivity index (χ0n) is 12.1. The Hall–Kier alpha value is -1.80. The van der Waals surface area contributed by atoms with E-state index in [4.69, 9.17) is 0 Å². The van der Waals surface area contributed by atoms with Gasteiger partial charge in [-0.1, -0.05) is 36.4 Å². The van der Waals surface area contributed by atoms with Crippen molar-refractivity contribution in [2.24, 2.45) is 0 Å². The molecule has 0 bridgehead atoms. The van der Waals surface area contributed by atoms with Gasteiger partial charge >= 0.3 is 0 Å². The number of hydrogen-bond acceptors (Lipinski definition) is 2. The minimum atomic E-state index is -0.455. The van der Waals surface area contributed by atoms with E-state index >= 15 is 0 Å². The molecule has 2 nitrogen and oxygen atoms in total. The van der Waals surface area contributed by atoms with Crippen LogP contribution in [0.5, 0.6) is 0 Å². The van der Waals surface area contributed by atoms with Crippen LogP contribution in [0.1, 0.15) is 34.8 Å². The van der Waals surface area contributed by atoms with Gasteiger partial charge in [0.25, 0.3) is 0 Å². The second-order valence-electron chi connectivity index (χ2n) is 5.68. The first kappa shape index (κ1) is 13.2. The van der Waals surface area contributed by atoms with Crippen molar-refractivity contribution in [1.82, 2.24) is 0 Å². The van der Waals surface area contributed by atoms with Gasteiger partial charge in [-0.2, -0.15) is 0 Å². The van der Waals surface area contributed by atoms with Crippen molar-refractivity contribution in [2.45, 2.75) is 38.8 Å². The van der Waals surface area contributed by atoms with E-state index in [0.717, 1.165) is 24.1 Å². The summed E-state index contributed by atoms with van der Waals surface area (Å²) in [7, 11) is 0. The normalized spacial score (nSPS) is 19.1. The molecular formula is C18H21NO. The van der Waals surface area contributed by atoms with Crippen molar-refractivity contribution in [3.8, 4) is 0 Å². The highest BCUT2D eigenvalue weighted by molar-refractivity contribution is 5.54. The maximum absolute atomic E-state index is 10.7. The average Bonchev–Trinajstić information content (AvgIpc) is 2.49. The number of nitrogens with one attached hydrogen (secondary N) is 1. The van der Waals surface area contributed by atoms with Gasteiger partial charge in [0.1, 0.15) is 0 Å². The molecule has 104 valence electrons. The highest BCUT2D eigenvalue weighted by Gasteiger charge is 2.26. The molecule has 0 saturated heterocycles. The van der Waals surface area contributed by atoms with Gasteiger partial charge < -0.3 is 10.4 Å². The Morgan fingerprint density at radius 1 is 1.10 bits per heavy atom. The smallest absolute Gasteiger partial charge is 0.0993 e. The third-order valence-corrected chi connectivity index (χ3v) is 4.43. The van der Waals surface area contributed by atoms with E-state index in [1.165, 1.54) is 16.7 Å². The Balaban J connectivity index is 1.86. The fourth-order valence-corrected chi connectivity index (χ4v) is 3.01. The Kier molecular flexibility index (Phi) is 3.49. The quantitative estimate of drug-likeness (QED) is 0.868. The lowest BCUT2D eigenvalue weighted by molar-refractivity contribution is 0.148. The minimum Gasteiger partial charge on any atom is -0.386 e. The SMILES string of the molecule is Cc1cccc(C(O)C2CCc3ccccc3N2)c1C. The Morgan fingerprint density at radius 3 is 2.75 bits per heavy atom. The first-order valence-electron chi connectivity index (χ1n) is 7.25. The minimum absolute atomic E-state index is 0.0883. The number of aliphatic hydroxyl groups is 1. The van der Waals surface area contributed by atoms with E-state index in [1.54, 1.807) is 0 Å². The monoisotopic (exact) mass is 267 g/mol. The van der Waals surface area contributed by atoms with Crippen molar-refractivity contribution < 1.29 is 5.11 Å². The number of benzene rings is 2. The Morgan fingerprint density at radius 2 is 1.90 bits per heavy atom. The van der Waals surface area contributed by atoms with E-state index in [9.17, 15) is 5.11 Å². The number of aliphatic hydroxyl groups excluding tert-OH is 1. The van der Waals surface area contributed by atoms with Gasteiger partial charge in [0.05, 0.1) is 12.1 Å². The van der Waals surface area contributed by atoms with E-state index in [2.05, 4.69) is 43.4 Å². The van der Waals surface area contributed by atoms with Crippen LogP contribution in [0.2, 0.25) is 0 Å². The molecule has 3 rings (SSSR count). The van der Waals surface area contributed by atoms with Gasteiger partial charge in [-0.3, -0.25) is 0 Å². The molecule has 1 heterocycles. The van der Waals surface area contributed by atoms with E-state index < -0.39 is 6.10 Å². The molecule has 20 heavy (non-hydrogen) atoms. The van der Waals surface area contributed by atoms with Gasteiger partial charge in [0, 0.05) is 5.69 Å². The van der Waals surface area contributed by atoms with Crippen LogP contribution in [0.3, 0.4) is 0 Å². The fourth-order valence-electron chi connectivity index (χ4n) is 3.01. The van der Waals surface area contributed by atoms with Crippen LogP contribution < -0.4 is 5.32 Å². The largest absolute Gasteiger partial charge is 0.386 e. The average molecular weight is 267 g/mol. The van der Waals surface area contributed by atoms with Gasteiger partial charge in [-0.05, 0) is 55.0 Å². The predicted octanol–water partition coefficient (Wildman–Crippen LogP) is 3.76. The first-order valence-corrected chi connectivity index (χ1v) is 7.25. The second-order valence-corrected chi connectivity index (χ2v) is 5.68. The van der Waals surface area contributed by atoms with Crippen LogP contribution in [0.25, 0.3) is 0 Å². The highest BCUT2D eigenvalue weighted by atomic mass is 16.3. The standard InChI is InChI=1S/C18H21NO/c1-12-6-5-8-15(13(12)2)18(20)17-11-10-14-7-3-4-9-16(14)19-17/h3-9,17-20H,10-11H2,1-2H3. The predicted molar refractivity (Wildman–Crippen MR) is 83.0 cm³/mol. The van der Waals surface area contributed by atoms with E-state index in [1.807, 2.05) is 18.2 Å². The van der Waals surface area contributed by atoms with Crippen molar-refractivity contribution in [2.75, 3.05) is 5.32 Å². The summed E-state index contributed by atoms with van der Waals surface area (Å²) >= 11 is 0. The zero-order chi connectivity index (χ0) is 14.1. The number of fused-ring (bicyclic) bond motifs is 1. The number of hydrogen-bond donors (Lipinski definition) is 2. The van der Waals surface area contributed by atoms with Gasteiger partial charge in [-0.25, -0.2) is 0 Å². The molecule has 2 heteroatoms. The van der Waals surface area contributed by atoms with Crippen molar-refractivity contribution in [1.29, 1.82) is 0 Å². The van der Waals surface area contributed by atoms with Crippen molar-refractivity contribution in [3.63, 3.8) is 0 Å². The Labute approximate surface area is 120 Å². The zero-order valence-corrected chi connectivity index (χ0v) is 12.1. The van der Waals surface area contributed by atoms with Crippen molar-refractivity contribution >= 4 is 5.69 Å². The van der Waals surface area contributed by atoms with Crippen LogP contribution in [0.15, 0.2) is 42.5 Å². The summed E-state index contributed by atoms with van der Waals surface area (Å²) in [5, 5.41) is 14.2. The maximum atomic E-state index is 10.7. The molecule has 1 aliphatic rings. The van der Waals surface area contributed by atoms with Crippen LogP contribution in [0.4, 0.5) is 5.69 Å². The van der Waals surface area contributed by atoms with E-state index in [0.29, 0.717) is 0 Å². The first-order chi connectivity index (χ1) is 9.66. The topological polar surface area (TPSA) is 32.3 Å². The molecule has 0 radical (unpaired) electrons. The molecule has 0 aromatic heterocycles. The second kappa shape index (κ2) is 5.29. The third kappa shape index (κ3) is 2.32. The number of para-hydroxylation sites is 1. The van der Waals surface area contributed by atoms with E-state index in [-0.39, 0.29) is 6.04 Å². The van der Waals surface area contributed by atoms with Crippen LogP contribution in [-0.2, 0) is 6.42 Å². The number of anilines is 1. The molecule has 2 atom stereocenters. The molecule has 0 fully saturated rings. The lowest BCUT2D eigenvalue weighted by Gasteiger charge is -2.31. The summed E-state index contributed by atoms with van der Waals surface area (Å²) in [5.74, 6) is 0. The summed E-state index contributed by atoms with van der Waals surface area (Å²) < 4.78 is 0. The summed E-state index contributed by atoms with van der Waals surface area (Å²) in [6, 6.07) is 14.6. The molecule has 1 aliphatic heterocycles. The van der Waals surface area contributed by atoms with Gasteiger partial charge in [0.2, 0.25) is 0 Å². The molecule has 0 aliphatic carbocycles. The lowest BCUT2D eigenvalue weighted by atomic mass is 9.89. The summed E-state index contributed by atoms with van der Waals surface area (Å²) in [6.45, 7) is 4.18. The molecule has 2 aromatic rings. The molecular weight excluding hydrogens is 246 g/mol. The molecule has 0 amide bonds. The summed E-state index contributed by atoms with van der Waals surface area (Å²) in [6.07, 6.45) is 1.53. The van der Waals surface area contributed by atoms with Crippen molar-refractivity contribution in [3.05, 3.63) is 64.7 Å². The van der Waals surface area contributed by atoms with Gasteiger partial charge in [0.15, 0.2) is 0 Å². The summed E-state index contributed by atoms with van der Waals surface area (Å²) in [4.78, 5) is 0. The van der Waals surface area contributed by atoms with Gasteiger partial charge in [-0.15, -0.1) is 0 Å².